The van der Waals surface area contributed by atoms with Gasteiger partial charge in [-0.3, -0.25) is 14.4 Å². The molecule has 0 bridgehead atoms. The molecule has 2 N–H and O–H groups in total. The van der Waals surface area contributed by atoms with E-state index >= 15 is 0 Å². The standard InChI is InChI=1S/C26H26FN3O4/c1-3-30(16-25(32)29-22-14-12-21(13-15-22)28-18(2)31)26(33)23-6-4-5-7-24(23)34-17-19-8-10-20(27)11-9-19/h4-15H,3,16-17H2,1-2H3,(H,28,31)(H,29,32). The zero-order valence-corrected chi connectivity index (χ0v) is 19.0. The molecular weight excluding hydrogens is 437 g/mol. The molecule has 0 radical (unpaired) electrons. The summed E-state index contributed by atoms with van der Waals surface area (Å²) in [7, 11) is 0. The summed E-state index contributed by atoms with van der Waals surface area (Å²) in [5.41, 5.74) is 2.26. The summed E-state index contributed by atoms with van der Waals surface area (Å²) in [6, 6.07) is 19.4. The second kappa shape index (κ2) is 11.6. The Morgan fingerprint density at radius 1 is 0.882 bits per heavy atom. The fraction of sp³-hybridized carbons (Fsp3) is 0.192. The summed E-state index contributed by atoms with van der Waals surface area (Å²) in [6.07, 6.45) is 0. The Kier molecular flexibility index (Phi) is 8.34. The van der Waals surface area contributed by atoms with Gasteiger partial charge in [-0.15, -0.1) is 0 Å². The van der Waals surface area contributed by atoms with Crippen LogP contribution in [0.25, 0.3) is 0 Å². The van der Waals surface area contributed by atoms with Crippen LogP contribution in [0.15, 0.2) is 72.8 Å². The number of para-hydroxylation sites is 1. The van der Waals surface area contributed by atoms with Crippen LogP contribution in [-0.2, 0) is 16.2 Å². The van der Waals surface area contributed by atoms with Crippen LogP contribution in [0.5, 0.6) is 5.75 Å². The first kappa shape index (κ1) is 24.4. The van der Waals surface area contributed by atoms with Gasteiger partial charge in [-0.25, -0.2) is 4.39 Å². The average molecular weight is 464 g/mol. The van der Waals surface area contributed by atoms with Crippen LogP contribution in [0, 0.1) is 5.82 Å². The number of carbonyl (C=O) groups excluding carboxylic acids is 3. The van der Waals surface area contributed by atoms with Gasteiger partial charge in [-0.2, -0.15) is 0 Å². The lowest BCUT2D eigenvalue weighted by Gasteiger charge is -2.22. The number of nitrogens with zero attached hydrogens (tertiary/aromatic N) is 1. The number of amides is 3. The highest BCUT2D eigenvalue weighted by Gasteiger charge is 2.21. The highest BCUT2D eigenvalue weighted by Crippen LogP contribution is 2.22. The van der Waals surface area contributed by atoms with Gasteiger partial charge in [0.1, 0.15) is 24.7 Å². The second-order valence-corrected chi connectivity index (χ2v) is 7.54. The van der Waals surface area contributed by atoms with E-state index in [2.05, 4.69) is 10.6 Å². The highest BCUT2D eigenvalue weighted by atomic mass is 19.1. The van der Waals surface area contributed by atoms with Gasteiger partial charge in [-0.05, 0) is 61.0 Å². The maximum Gasteiger partial charge on any atom is 0.258 e. The third kappa shape index (κ3) is 6.90. The molecule has 0 atom stereocenters. The summed E-state index contributed by atoms with van der Waals surface area (Å²) in [6.45, 7) is 3.55. The number of halogens is 1. The summed E-state index contributed by atoms with van der Waals surface area (Å²) in [4.78, 5) is 38.3. The van der Waals surface area contributed by atoms with Crippen molar-refractivity contribution in [2.24, 2.45) is 0 Å². The molecule has 0 aliphatic carbocycles. The van der Waals surface area contributed by atoms with Crippen molar-refractivity contribution in [1.82, 2.24) is 4.90 Å². The van der Waals surface area contributed by atoms with Crippen molar-refractivity contribution < 1.29 is 23.5 Å². The minimum absolute atomic E-state index is 0.144. The van der Waals surface area contributed by atoms with E-state index in [1.54, 1.807) is 67.6 Å². The van der Waals surface area contributed by atoms with E-state index in [4.69, 9.17) is 4.74 Å². The lowest BCUT2D eigenvalue weighted by molar-refractivity contribution is -0.117. The van der Waals surface area contributed by atoms with Gasteiger partial charge >= 0.3 is 0 Å². The molecule has 3 rings (SSSR count). The molecule has 0 saturated heterocycles. The molecule has 3 aromatic rings. The average Bonchev–Trinajstić information content (AvgIpc) is 2.83. The molecule has 3 aromatic carbocycles. The van der Waals surface area contributed by atoms with E-state index in [0.717, 1.165) is 5.56 Å². The van der Waals surface area contributed by atoms with Crippen molar-refractivity contribution in [1.29, 1.82) is 0 Å². The smallest absolute Gasteiger partial charge is 0.258 e. The molecular formula is C26H26FN3O4. The normalized spacial score (nSPS) is 10.3. The number of carbonyl (C=O) groups is 3. The van der Waals surface area contributed by atoms with Crippen molar-refractivity contribution in [3.63, 3.8) is 0 Å². The van der Waals surface area contributed by atoms with E-state index in [0.29, 0.717) is 29.2 Å². The SMILES string of the molecule is CCN(CC(=O)Nc1ccc(NC(C)=O)cc1)C(=O)c1ccccc1OCc1ccc(F)cc1. The third-order valence-electron chi connectivity index (χ3n) is 4.92. The fourth-order valence-electron chi connectivity index (χ4n) is 3.22. The Morgan fingerprint density at radius 2 is 1.50 bits per heavy atom. The molecule has 7 nitrogen and oxygen atoms in total. The first-order chi connectivity index (χ1) is 16.4. The van der Waals surface area contributed by atoms with Gasteiger partial charge in [0.15, 0.2) is 0 Å². The molecule has 0 aliphatic heterocycles. The van der Waals surface area contributed by atoms with Crippen LogP contribution >= 0.6 is 0 Å². The monoisotopic (exact) mass is 463 g/mol. The molecule has 3 amide bonds. The molecule has 0 aliphatic rings. The van der Waals surface area contributed by atoms with Gasteiger partial charge in [-0.1, -0.05) is 24.3 Å². The fourth-order valence-corrected chi connectivity index (χ4v) is 3.22. The Morgan fingerprint density at radius 3 is 2.12 bits per heavy atom. The van der Waals surface area contributed by atoms with Crippen LogP contribution in [0.4, 0.5) is 15.8 Å². The third-order valence-corrected chi connectivity index (χ3v) is 4.92. The minimum Gasteiger partial charge on any atom is -0.488 e. The summed E-state index contributed by atoms with van der Waals surface area (Å²) in [5, 5.41) is 5.41. The molecule has 0 fully saturated rings. The summed E-state index contributed by atoms with van der Waals surface area (Å²) < 4.78 is 18.9. The van der Waals surface area contributed by atoms with Gasteiger partial charge < -0.3 is 20.3 Å². The number of hydrogen-bond donors (Lipinski definition) is 2. The Hall–Kier alpha value is -4.20. The van der Waals surface area contributed by atoms with Gasteiger partial charge in [0, 0.05) is 24.8 Å². The number of hydrogen-bond acceptors (Lipinski definition) is 4. The Balaban J connectivity index is 1.64. The Labute approximate surface area is 197 Å². The largest absolute Gasteiger partial charge is 0.488 e. The van der Waals surface area contributed by atoms with Crippen LogP contribution in [0.2, 0.25) is 0 Å². The van der Waals surface area contributed by atoms with E-state index in [1.165, 1.54) is 24.0 Å². The molecule has 0 heterocycles. The molecule has 0 spiro atoms. The topological polar surface area (TPSA) is 87.7 Å². The van der Waals surface area contributed by atoms with E-state index in [-0.39, 0.29) is 36.7 Å². The number of likely N-dealkylation sites (N-methyl/N-ethyl adjacent to an activating group) is 1. The number of ether oxygens (including phenoxy) is 1. The van der Waals surface area contributed by atoms with Crippen molar-refractivity contribution in [2.45, 2.75) is 20.5 Å². The predicted molar refractivity (Wildman–Crippen MR) is 128 cm³/mol. The number of nitrogens with one attached hydrogen (secondary N) is 2. The summed E-state index contributed by atoms with van der Waals surface area (Å²) in [5.74, 6) is -0.833. The minimum atomic E-state index is -0.354. The lowest BCUT2D eigenvalue weighted by Crippen LogP contribution is -2.38. The molecule has 8 heteroatoms. The van der Waals surface area contributed by atoms with Crippen LogP contribution in [0.3, 0.4) is 0 Å². The van der Waals surface area contributed by atoms with Crippen LogP contribution < -0.4 is 15.4 Å². The van der Waals surface area contributed by atoms with E-state index in [1.807, 2.05) is 0 Å². The van der Waals surface area contributed by atoms with E-state index in [9.17, 15) is 18.8 Å². The number of benzene rings is 3. The first-order valence-electron chi connectivity index (χ1n) is 10.8. The zero-order valence-electron chi connectivity index (χ0n) is 19.0. The highest BCUT2D eigenvalue weighted by molar-refractivity contribution is 6.01. The van der Waals surface area contributed by atoms with Gasteiger partial charge in [0.2, 0.25) is 11.8 Å². The quantitative estimate of drug-likeness (QED) is 0.490. The van der Waals surface area contributed by atoms with Crippen LogP contribution in [-0.4, -0.2) is 35.7 Å². The molecule has 34 heavy (non-hydrogen) atoms. The van der Waals surface area contributed by atoms with Crippen molar-refractivity contribution in [2.75, 3.05) is 23.7 Å². The first-order valence-corrected chi connectivity index (χ1v) is 10.8. The van der Waals surface area contributed by atoms with Crippen molar-refractivity contribution in [3.8, 4) is 5.75 Å². The zero-order chi connectivity index (χ0) is 24.5. The lowest BCUT2D eigenvalue weighted by atomic mass is 10.1. The molecule has 0 aromatic heterocycles. The van der Waals surface area contributed by atoms with Crippen molar-refractivity contribution >= 4 is 29.1 Å². The number of rotatable bonds is 9. The van der Waals surface area contributed by atoms with Gasteiger partial charge in [0.25, 0.3) is 5.91 Å². The Bertz CT molecular complexity index is 1150. The molecule has 176 valence electrons. The predicted octanol–water partition coefficient (Wildman–Crippen LogP) is 4.46. The second-order valence-electron chi connectivity index (χ2n) is 7.54. The molecule has 0 saturated carbocycles. The van der Waals surface area contributed by atoms with Crippen molar-refractivity contribution in [3.05, 3.63) is 89.7 Å². The van der Waals surface area contributed by atoms with Crippen LogP contribution in [0.1, 0.15) is 29.8 Å². The van der Waals surface area contributed by atoms with E-state index < -0.39 is 0 Å². The number of anilines is 2. The maximum atomic E-state index is 13.2. The molecule has 0 unspecified atom stereocenters. The maximum absolute atomic E-state index is 13.2. The summed E-state index contributed by atoms with van der Waals surface area (Å²) >= 11 is 0. The van der Waals surface area contributed by atoms with Gasteiger partial charge in [0.05, 0.1) is 5.56 Å².